The van der Waals surface area contributed by atoms with Crippen molar-refractivity contribution in [2.24, 2.45) is 7.05 Å². The molecule has 3 heterocycles. The summed E-state index contributed by atoms with van der Waals surface area (Å²) >= 11 is 0. The van der Waals surface area contributed by atoms with Gasteiger partial charge in [-0.15, -0.1) is 0 Å². The zero-order valence-corrected chi connectivity index (χ0v) is 27.2. The first-order valence-corrected chi connectivity index (χ1v) is 15.4. The van der Waals surface area contributed by atoms with E-state index in [0.29, 0.717) is 36.1 Å². The number of carbonyl (C=O) groups excluding carboxylic acids is 1. The molecular formula is C34H33F8N3O5. The Hall–Kier alpha value is -4.60. The number of benzene rings is 2. The number of morpholine rings is 1. The number of hydrogen-bond donors (Lipinski definition) is 1. The maximum absolute atomic E-state index is 15.3. The van der Waals surface area contributed by atoms with Crippen LogP contribution in [0.15, 0.2) is 47.5 Å². The number of halogens is 8. The molecular weight excluding hydrogens is 682 g/mol. The van der Waals surface area contributed by atoms with Crippen LogP contribution in [0.4, 0.5) is 40.8 Å². The fourth-order valence-electron chi connectivity index (χ4n) is 6.19. The molecule has 2 atom stereocenters. The van der Waals surface area contributed by atoms with E-state index in [1.165, 1.54) is 33.2 Å². The number of ether oxygens (including phenoxy) is 3. The number of aryl methyl sites for hydroxylation is 1. The van der Waals surface area contributed by atoms with Gasteiger partial charge in [-0.25, -0.2) is 8.78 Å². The summed E-state index contributed by atoms with van der Waals surface area (Å²) in [4.78, 5) is 27.3. The first kappa shape index (κ1) is 36.7. The average molecular weight is 716 g/mol. The summed E-state index contributed by atoms with van der Waals surface area (Å²) in [5.74, 6) is -4.08. The summed E-state index contributed by atoms with van der Waals surface area (Å²) in [6, 6.07) is 1.65. The molecule has 0 spiro atoms. The van der Waals surface area contributed by atoms with E-state index in [2.05, 4.69) is 11.9 Å². The molecule has 5 rings (SSSR count). The molecule has 0 aliphatic carbocycles. The first-order valence-electron chi connectivity index (χ1n) is 15.4. The van der Waals surface area contributed by atoms with Crippen LogP contribution in [0.2, 0.25) is 0 Å². The minimum Gasteiger partial charge on any atom is -0.500 e. The van der Waals surface area contributed by atoms with Crippen molar-refractivity contribution < 1.29 is 54.1 Å². The van der Waals surface area contributed by atoms with Gasteiger partial charge in [-0.2, -0.15) is 26.3 Å². The quantitative estimate of drug-likeness (QED) is 0.220. The minimum absolute atomic E-state index is 0.0431. The van der Waals surface area contributed by atoms with Crippen LogP contribution in [0.3, 0.4) is 0 Å². The maximum atomic E-state index is 15.3. The molecule has 0 bridgehead atoms. The smallest absolute Gasteiger partial charge is 0.417 e. The first-order chi connectivity index (χ1) is 23.4. The lowest BCUT2D eigenvalue weighted by Gasteiger charge is -2.38. The molecule has 50 heavy (non-hydrogen) atoms. The second-order valence-electron chi connectivity index (χ2n) is 12.0. The lowest BCUT2D eigenvalue weighted by Crippen LogP contribution is -2.53. The van der Waals surface area contributed by atoms with Gasteiger partial charge in [-0.1, -0.05) is 18.7 Å². The highest BCUT2D eigenvalue weighted by Gasteiger charge is 2.46. The standard InChI is InChI=1S/C34H33F8N3O5/c1-17-12-23(33(37,38)39)28(32(47)44(17)3)22-8-7-19(21-6-5-10-50-30(21)22)13-26(18(2)48-4)43-31(46)29-24(35)14-20(15-25(29)36)45-9-11-49-16-27(45)34(40,41)42/h7-8,12,14-15,26-27H,2,5-6,9-11,13,16H2,1,3-4H3,(H,43,46)/t26-,27+/m0/s1. The van der Waals surface area contributed by atoms with Gasteiger partial charge in [-0.3, -0.25) is 9.59 Å². The third-order valence-electron chi connectivity index (χ3n) is 8.89. The summed E-state index contributed by atoms with van der Waals surface area (Å²) in [5.41, 5.74) is -3.13. The van der Waals surface area contributed by atoms with Gasteiger partial charge >= 0.3 is 12.4 Å². The number of methoxy groups -OCH3 is 1. The number of nitrogens with zero attached hydrogens (tertiary/aromatic N) is 2. The Morgan fingerprint density at radius 2 is 1.78 bits per heavy atom. The number of nitrogens with one attached hydrogen (secondary N) is 1. The van der Waals surface area contributed by atoms with Crippen LogP contribution in [0, 0.1) is 18.6 Å². The van der Waals surface area contributed by atoms with E-state index < -0.39 is 76.5 Å². The van der Waals surface area contributed by atoms with Crippen LogP contribution in [-0.4, -0.2) is 62.2 Å². The molecule has 270 valence electrons. The Labute approximate surface area is 281 Å². The van der Waals surface area contributed by atoms with E-state index in [4.69, 9.17) is 14.2 Å². The Morgan fingerprint density at radius 1 is 1.10 bits per heavy atom. The number of fused-ring (bicyclic) bond motifs is 1. The largest absolute Gasteiger partial charge is 0.500 e. The van der Waals surface area contributed by atoms with Crippen molar-refractivity contribution in [3.05, 3.63) is 92.6 Å². The predicted octanol–water partition coefficient (Wildman–Crippen LogP) is 6.25. The number of amides is 1. The molecule has 1 amide bonds. The lowest BCUT2D eigenvalue weighted by atomic mass is 9.89. The van der Waals surface area contributed by atoms with Gasteiger partial charge in [0.15, 0.2) is 0 Å². The van der Waals surface area contributed by atoms with Gasteiger partial charge in [0, 0.05) is 37.0 Å². The average Bonchev–Trinajstić information content (AvgIpc) is 3.05. The maximum Gasteiger partial charge on any atom is 0.417 e. The molecule has 0 saturated carbocycles. The fourth-order valence-corrected chi connectivity index (χ4v) is 6.19. The molecule has 2 aliphatic heterocycles. The second-order valence-corrected chi connectivity index (χ2v) is 12.0. The molecule has 1 fully saturated rings. The summed E-state index contributed by atoms with van der Waals surface area (Å²) in [7, 11) is 2.60. The predicted molar refractivity (Wildman–Crippen MR) is 166 cm³/mol. The molecule has 8 nitrogen and oxygen atoms in total. The number of pyridine rings is 1. The van der Waals surface area contributed by atoms with Crippen molar-refractivity contribution in [1.29, 1.82) is 0 Å². The Bertz CT molecular complexity index is 1850. The second kappa shape index (κ2) is 14.0. The Balaban J connectivity index is 1.49. The zero-order chi connectivity index (χ0) is 36.7. The lowest BCUT2D eigenvalue weighted by molar-refractivity contribution is -0.167. The summed E-state index contributed by atoms with van der Waals surface area (Å²) in [6.07, 6.45) is -8.92. The number of hydrogen-bond acceptors (Lipinski definition) is 6. The third-order valence-corrected chi connectivity index (χ3v) is 8.89. The van der Waals surface area contributed by atoms with Crippen LogP contribution in [0.25, 0.3) is 11.1 Å². The fraction of sp³-hybridized carbons (Fsp3) is 0.412. The van der Waals surface area contributed by atoms with E-state index in [1.54, 1.807) is 0 Å². The summed E-state index contributed by atoms with van der Waals surface area (Å²) in [6.45, 7) is 4.15. The molecule has 0 unspecified atom stereocenters. The van der Waals surface area contributed by atoms with Crippen LogP contribution >= 0.6 is 0 Å². The summed E-state index contributed by atoms with van der Waals surface area (Å²) < 4.78 is 131. The van der Waals surface area contributed by atoms with Gasteiger partial charge < -0.3 is 29.0 Å². The molecule has 1 N–H and O–H groups in total. The van der Waals surface area contributed by atoms with Gasteiger partial charge in [0.2, 0.25) is 0 Å². The third kappa shape index (κ3) is 7.16. The van der Waals surface area contributed by atoms with Gasteiger partial charge in [0.05, 0.1) is 44.1 Å². The molecule has 1 saturated heterocycles. The van der Waals surface area contributed by atoms with Crippen LogP contribution < -0.4 is 20.5 Å². The van der Waals surface area contributed by atoms with Gasteiger partial charge in [-0.05, 0) is 49.1 Å². The normalized spacial score (nSPS) is 17.1. The SMILES string of the molecule is C=C(OC)[C@H](Cc1ccc(-c2c(C(F)(F)F)cc(C)n(C)c2=O)c2c1CCCO2)NC(=O)c1c(F)cc(N2CCOC[C@@H]2C(F)(F)F)cc1F. The van der Waals surface area contributed by atoms with E-state index in [9.17, 15) is 35.9 Å². The van der Waals surface area contributed by atoms with Crippen LogP contribution in [0.1, 0.15) is 39.2 Å². The number of carbonyl (C=O) groups is 1. The van der Waals surface area contributed by atoms with E-state index in [0.717, 1.165) is 15.5 Å². The molecule has 3 aromatic rings. The van der Waals surface area contributed by atoms with Crippen molar-refractivity contribution in [3.8, 4) is 16.9 Å². The highest BCUT2D eigenvalue weighted by atomic mass is 19.4. The number of anilines is 1. The molecule has 0 radical (unpaired) electrons. The Morgan fingerprint density at radius 3 is 2.40 bits per heavy atom. The van der Waals surface area contributed by atoms with Crippen molar-refractivity contribution in [2.45, 2.75) is 50.6 Å². The van der Waals surface area contributed by atoms with Crippen molar-refractivity contribution in [2.75, 3.05) is 38.4 Å². The molecule has 2 aliphatic rings. The van der Waals surface area contributed by atoms with E-state index >= 15 is 8.78 Å². The summed E-state index contributed by atoms with van der Waals surface area (Å²) in [5, 5.41) is 2.45. The highest BCUT2D eigenvalue weighted by molar-refractivity contribution is 5.95. The van der Waals surface area contributed by atoms with E-state index in [1.807, 2.05) is 0 Å². The van der Waals surface area contributed by atoms with Crippen molar-refractivity contribution in [3.63, 3.8) is 0 Å². The van der Waals surface area contributed by atoms with Crippen molar-refractivity contribution in [1.82, 2.24) is 9.88 Å². The molecule has 16 heteroatoms. The topological polar surface area (TPSA) is 82.0 Å². The van der Waals surface area contributed by atoms with Gasteiger partial charge in [0.1, 0.15) is 34.7 Å². The highest BCUT2D eigenvalue weighted by Crippen LogP contribution is 2.43. The molecule has 1 aromatic heterocycles. The van der Waals surface area contributed by atoms with Crippen molar-refractivity contribution >= 4 is 11.6 Å². The van der Waals surface area contributed by atoms with Crippen LogP contribution in [-0.2, 0) is 35.5 Å². The van der Waals surface area contributed by atoms with Crippen LogP contribution in [0.5, 0.6) is 5.75 Å². The zero-order valence-electron chi connectivity index (χ0n) is 27.2. The monoisotopic (exact) mass is 715 g/mol. The number of rotatable bonds is 8. The minimum atomic E-state index is -4.86. The number of aromatic nitrogens is 1. The Kier molecular flexibility index (Phi) is 10.2. The van der Waals surface area contributed by atoms with E-state index in [-0.39, 0.29) is 48.9 Å². The molecule has 2 aromatic carbocycles. The van der Waals surface area contributed by atoms with Gasteiger partial charge in [0.25, 0.3) is 11.5 Å². The number of alkyl halides is 6.